The van der Waals surface area contributed by atoms with Gasteiger partial charge in [0.05, 0.1) is 21.7 Å². The number of sulfone groups is 1. The molecule has 1 unspecified atom stereocenters. The number of rotatable bonds is 8. The van der Waals surface area contributed by atoms with E-state index in [2.05, 4.69) is 25.6 Å². The number of fused-ring (bicyclic) bond motifs is 1. The molecule has 2 aromatic heterocycles. The first-order valence-corrected chi connectivity index (χ1v) is 13.6. The molecule has 0 radical (unpaired) electrons. The number of thiazole rings is 1. The molecule has 2 heterocycles. The summed E-state index contributed by atoms with van der Waals surface area (Å²) in [4.78, 5) is 36.5. The number of carbonyl (C=O) groups excluding carboxylic acids is 2. The quantitative estimate of drug-likeness (QED) is 0.316. The average Bonchev–Trinajstić information content (AvgIpc) is 3.61. The standard InChI is InChI=1S/C24H18F3N5O4S2/c25-16-4-3-14(5-18(16)27)38(35,36)22(23(34)30-10-21(33)31-13-1-2-13)24-32-19-7-17(26)15(6-20(19)37-24)12-8-28-11-29-9-12/h3-9,11,13,22H,1-2,10H2,(H,30,34)(H,31,33). The zero-order valence-electron chi connectivity index (χ0n) is 19.3. The van der Waals surface area contributed by atoms with Crippen LogP contribution in [0.5, 0.6) is 0 Å². The van der Waals surface area contributed by atoms with E-state index in [-0.39, 0.29) is 22.1 Å². The van der Waals surface area contributed by atoms with Crippen LogP contribution in [0.4, 0.5) is 13.2 Å². The van der Waals surface area contributed by atoms with E-state index in [0.717, 1.165) is 36.3 Å². The molecule has 1 saturated carbocycles. The number of carbonyl (C=O) groups is 2. The lowest BCUT2D eigenvalue weighted by atomic mass is 10.1. The molecule has 2 amide bonds. The van der Waals surface area contributed by atoms with Gasteiger partial charge < -0.3 is 10.6 Å². The highest BCUT2D eigenvalue weighted by molar-refractivity contribution is 7.92. The van der Waals surface area contributed by atoms with Crippen LogP contribution in [0.1, 0.15) is 23.1 Å². The Morgan fingerprint density at radius 3 is 2.45 bits per heavy atom. The van der Waals surface area contributed by atoms with Gasteiger partial charge in [-0.25, -0.2) is 36.5 Å². The molecule has 5 rings (SSSR count). The summed E-state index contributed by atoms with van der Waals surface area (Å²) in [6.07, 6.45) is 5.70. The average molecular weight is 562 g/mol. The molecule has 1 aliphatic rings. The summed E-state index contributed by atoms with van der Waals surface area (Å²) in [7, 11) is -4.69. The van der Waals surface area contributed by atoms with Crippen LogP contribution in [-0.4, -0.2) is 47.8 Å². The Hall–Kier alpha value is -3.91. The van der Waals surface area contributed by atoms with Gasteiger partial charge in [0.15, 0.2) is 26.7 Å². The maximum absolute atomic E-state index is 14.9. The van der Waals surface area contributed by atoms with Gasteiger partial charge in [0.2, 0.25) is 11.8 Å². The predicted molar refractivity (Wildman–Crippen MR) is 131 cm³/mol. The van der Waals surface area contributed by atoms with Crippen LogP contribution in [0.25, 0.3) is 21.3 Å². The minimum absolute atomic E-state index is 0.0180. The summed E-state index contributed by atoms with van der Waals surface area (Å²) in [6.45, 7) is -0.503. The summed E-state index contributed by atoms with van der Waals surface area (Å²) >= 11 is 0.808. The van der Waals surface area contributed by atoms with Crippen molar-refractivity contribution in [2.45, 2.75) is 29.0 Å². The van der Waals surface area contributed by atoms with E-state index < -0.39 is 55.8 Å². The van der Waals surface area contributed by atoms with Crippen molar-refractivity contribution in [1.82, 2.24) is 25.6 Å². The van der Waals surface area contributed by atoms with Crippen molar-refractivity contribution in [2.75, 3.05) is 6.54 Å². The van der Waals surface area contributed by atoms with E-state index in [1.54, 1.807) is 0 Å². The highest BCUT2D eigenvalue weighted by Gasteiger charge is 2.39. The van der Waals surface area contributed by atoms with Gasteiger partial charge in [-0.15, -0.1) is 11.3 Å². The van der Waals surface area contributed by atoms with Gasteiger partial charge in [-0.2, -0.15) is 0 Å². The maximum Gasteiger partial charge on any atom is 0.246 e. The highest BCUT2D eigenvalue weighted by atomic mass is 32.2. The molecule has 0 bridgehead atoms. The fourth-order valence-corrected chi connectivity index (χ4v) is 6.65. The first-order valence-electron chi connectivity index (χ1n) is 11.2. The van der Waals surface area contributed by atoms with Crippen LogP contribution in [0, 0.1) is 17.5 Å². The zero-order valence-corrected chi connectivity index (χ0v) is 21.0. The van der Waals surface area contributed by atoms with Gasteiger partial charge in [0.1, 0.15) is 17.2 Å². The molecule has 1 fully saturated rings. The molecule has 1 aliphatic carbocycles. The number of nitrogens with zero attached hydrogens (tertiary/aromatic N) is 3. The lowest BCUT2D eigenvalue weighted by molar-refractivity contribution is -0.126. The third-order valence-electron chi connectivity index (χ3n) is 5.72. The van der Waals surface area contributed by atoms with Gasteiger partial charge in [0.25, 0.3) is 0 Å². The maximum atomic E-state index is 14.9. The molecule has 38 heavy (non-hydrogen) atoms. The molecule has 4 aromatic rings. The second kappa shape index (κ2) is 10.1. The summed E-state index contributed by atoms with van der Waals surface area (Å²) in [5, 5.41) is 2.68. The van der Waals surface area contributed by atoms with Crippen molar-refractivity contribution < 1.29 is 31.2 Å². The molecule has 9 nitrogen and oxygen atoms in total. The number of nitrogens with one attached hydrogen (secondary N) is 2. The van der Waals surface area contributed by atoms with Gasteiger partial charge in [-0.05, 0) is 37.1 Å². The smallest absolute Gasteiger partial charge is 0.246 e. The molecule has 2 N–H and O–H groups in total. The van der Waals surface area contributed by atoms with Crippen LogP contribution in [0.15, 0.2) is 53.9 Å². The number of benzene rings is 2. The first kappa shape index (κ1) is 25.7. The molecule has 0 aliphatic heterocycles. The van der Waals surface area contributed by atoms with E-state index in [1.165, 1.54) is 24.8 Å². The molecule has 2 aromatic carbocycles. The number of aromatic nitrogens is 3. The third-order valence-corrected chi connectivity index (χ3v) is 8.92. The summed E-state index contributed by atoms with van der Waals surface area (Å²) in [6, 6.07) is 4.44. The highest BCUT2D eigenvalue weighted by Crippen LogP contribution is 2.37. The van der Waals surface area contributed by atoms with Crippen LogP contribution < -0.4 is 10.6 Å². The van der Waals surface area contributed by atoms with Gasteiger partial charge >= 0.3 is 0 Å². The molecule has 0 spiro atoms. The van der Waals surface area contributed by atoms with Crippen molar-refractivity contribution in [3.05, 3.63) is 71.5 Å². The lowest BCUT2D eigenvalue weighted by Gasteiger charge is -2.16. The third kappa shape index (κ3) is 5.22. The summed E-state index contributed by atoms with van der Waals surface area (Å²) in [5.74, 6) is -4.97. The Kier molecular flexibility index (Phi) is 6.84. The fraction of sp³-hybridized carbons (Fsp3) is 0.208. The minimum Gasteiger partial charge on any atom is -0.352 e. The number of amides is 2. The van der Waals surface area contributed by atoms with Crippen molar-refractivity contribution in [3.63, 3.8) is 0 Å². The molecule has 1 atom stereocenters. The molecule has 14 heteroatoms. The number of halogens is 3. The Morgan fingerprint density at radius 2 is 1.76 bits per heavy atom. The summed E-state index contributed by atoms with van der Waals surface area (Å²) < 4.78 is 69.7. The van der Waals surface area contributed by atoms with E-state index >= 15 is 0 Å². The zero-order chi connectivity index (χ0) is 27.0. The number of hydrogen-bond acceptors (Lipinski definition) is 8. The van der Waals surface area contributed by atoms with E-state index in [9.17, 15) is 31.2 Å². The van der Waals surface area contributed by atoms with Crippen molar-refractivity contribution in [1.29, 1.82) is 0 Å². The Morgan fingerprint density at radius 1 is 1.03 bits per heavy atom. The minimum atomic E-state index is -4.69. The molecule has 0 saturated heterocycles. The predicted octanol–water partition coefficient (Wildman–Crippen LogP) is 3.08. The van der Waals surface area contributed by atoms with E-state index in [0.29, 0.717) is 22.4 Å². The SMILES string of the molecule is O=C(CNC(=O)C(c1nc2cc(F)c(-c3cncnc3)cc2s1)S(=O)(=O)c1ccc(F)c(F)c1)NC1CC1. The van der Waals surface area contributed by atoms with Gasteiger partial charge in [-0.3, -0.25) is 9.59 Å². The Balaban J connectivity index is 1.55. The molecule has 196 valence electrons. The topological polar surface area (TPSA) is 131 Å². The normalized spacial score (nSPS) is 14.3. The van der Waals surface area contributed by atoms with Crippen LogP contribution in [0.2, 0.25) is 0 Å². The number of hydrogen-bond donors (Lipinski definition) is 2. The van der Waals surface area contributed by atoms with Gasteiger partial charge in [0, 0.05) is 35.6 Å². The van der Waals surface area contributed by atoms with Crippen molar-refractivity contribution in [2.24, 2.45) is 0 Å². The molecular formula is C24H18F3N5O4S2. The van der Waals surface area contributed by atoms with E-state index in [4.69, 9.17) is 0 Å². The van der Waals surface area contributed by atoms with Gasteiger partial charge in [-0.1, -0.05) is 0 Å². The van der Waals surface area contributed by atoms with Crippen LogP contribution in [0.3, 0.4) is 0 Å². The van der Waals surface area contributed by atoms with Crippen molar-refractivity contribution >= 4 is 43.2 Å². The van der Waals surface area contributed by atoms with Crippen LogP contribution in [-0.2, 0) is 19.4 Å². The first-order chi connectivity index (χ1) is 18.1. The second-order valence-corrected chi connectivity index (χ2v) is 11.6. The Bertz CT molecular complexity index is 1660. The second-order valence-electron chi connectivity index (χ2n) is 8.54. The lowest BCUT2D eigenvalue weighted by Crippen LogP contribution is -2.41. The monoisotopic (exact) mass is 561 g/mol. The van der Waals surface area contributed by atoms with E-state index in [1.807, 2.05) is 0 Å². The van der Waals surface area contributed by atoms with Crippen molar-refractivity contribution in [3.8, 4) is 11.1 Å². The fourth-order valence-electron chi connectivity index (χ4n) is 3.68. The summed E-state index contributed by atoms with van der Waals surface area (Å²) in [5.41, 5.74) is 0.578. The Labute approximate surface area is 218 Å². The largest absolute Gasteiger partial charge is 0.352 e. The molecular weight excluding hydrogens is 543 g/mol. The van der Waals surface area contributed by atoms with Crippen LogP contribution >= 0.6 is 11.3 Å².